The zero-order valence-electron chi connectivity index (χ0n) is 12.3. The number of carbonyl (C=O) groups is 2. The molecule has 1 aliphatic rings. The van der Waals surface area contributed by atoms with Crippen LogP contribution in [0.3, 0.4) is 0 Å². The maximum absolute atomic E-state index is 12.4. The number of amides is 1. The molecule has 1 atom stereocenters. The van der Waals surface area contributed by atoms with Crippen LogP contribution >= 0.6 is 0 Å². The van der Waals surface area contributed by atoms with E-state index in [4.69, 9.17) is 5.11 Å². The summed E-state index contributed by atoms with van der Waals surface area (Å²) in [5.41, 5.74) is 0.616. The molecule has 1 amide bonds. The minimum absolute atomic E-state index is 0.0453. The van der Waals surface area contributed by atoms with Crippen molar-refractivity contribution >= 4 is 11.9 Å². The fraction of sp³-hybridized carbons (Fsp3) is 0.600. The first-order chi connectivity index (χ1) is 10.1. The molecule has 0 radical (unpaired) electrons. The number of aliphatic carboxylic acids is 1. The molecular formula is C15H23N3O3. The molecule has 3 N–H and O–H groups in total. The molecule has 1 unspecified atom stereocenters. The van der Waals surface area contributed by atoms with E-state index >= 15 is 0 Å². The van der Waals surface area contributed by atoms with Gasteiger partial charge in [0.1, 0.15) is 5.69 Å². The Kier molecular flexibility index (Phi) is 5.38. The summed E-state index contributed by atoms with van der Waals surface area (Å²) in [5.74, 6) is -1.08. The van der Waals surface area contributed by atoms with Crippen molar-refractivity contribution in [2.24, 2.45) is 0 Å². The van der Waals surface area contributed by atoms with Gasteiger partial charge in [-0.1, -0.05) is 6.92 Å². The summed E-state index contributed by atoms with van der Waals surface area (Å²) >= 11 is 0. The summed E-state index contributed by atoms with van der Waals surface area (Å²) in [6, 6.07) is 3.67. The molecule has 6 nitrogen and oxygen atoms in total. The average molecular weight is 293 g/mol. The van der Waals surface area contributed by atoms with E-state index in [1.54, 1.807) is 6.07 Å². The molecule has 2 heterocycles. The van der Waals surface area contributed by atoms with Gasteiger partial charge < -0.3 is 20.3 Å². The largest absolute Gasteiger partial charge is 0.481 e. The average Bonchev–Trinajstić information content (AvgIpc) is 2.96. The predicted molar refractivity (Wildman–Crippen MR) is 79.4 cm³/mol. The molecule has 1 fully saturated rings. The quantitative estimate of drug-likeness (QED) is 0.740. The van der Waals surface area contributed by atoms with Crippen LogP contribution in [0, 0.1) is 0 Å². The molecule has 6 heteroatoms. The van der Waals surface area contributed by atoms with E-state index < -0.39 is 5.97 Å². The van der Waals surface area contributed by atoms with Crippen molar-refractivity contribution in [3.63, 3.8) is 0 Å². The number of carboxylic acid groups (broad SMARTS) is 1. The van der Waals surface area contributed by atoms with Gasteiger partial charge in [-0.05, 0) is 44.5 Å². The Balaban J connectivity index is 2.05. The van der Waals surface area contributed by atoms with Crippen LogP contribution in [0.25, 0.3) is 0 Å². The zero-order valence-corrected chi connectivity index (χ0v) is 12.3. The molecule has 116 valence electrons. The van der Waals surface area contributed by atoms with E-state index in [0.29, 0.717) is 18.2 Å². The third-order valence-corrected chi connectivity index (χ3v) is 3.96. The first kappa shape index (κ1) is 15.6. The summed E-state index contributed by atoms with van der Waals surface area (Å²) in [5, 5.41) is 15.0. The lowest BCUT2D eigenvalue weighted by atomic mass is 10.1. The van der Waals surface area contributed by atoms with Gasteiger partial charge in [-0.2, -0.15) is 0 Å². The van der Waals surface area contributed by atoms with Gasteiger partial charge in [-0.25, -0.2) is 0 Å². The normalized spacial score (nSPS) is 17.4. The summed E-state index contributed by atoms with van der Waals surface area (Å²) < 4.78 is 2.02. The van der Waals surface area contributed by atoms with Crippen LogP contribution in [0.2, 0.25) is 0 Å². The first-order valence-corrected chi connectivity index (χ1v) is 7.52. The molecule has 1 aliphatic heterocycles. The Morgan fingerprint density at radius 2 is 2.19 bits per heavy atom. The van der Waals surface area contributed by atoms with Gasteiger partial charge in [-0.3, -0.25) is 9.59 Å². The molecule has 0 saturated carbocycles. The van der Waals surface area contributed by atoms with Crippen LogP contribution in [-0.4, -0.2) is 40.7 Å². The summed E-state index contributed by atoms with van der Waals surface area (Å²) in [4.78, 5) is 23.2. The van der Waals surface area contributed by atoms with E-state index in [-0.39, 0.29) is 18.4 Å². The first-order valence-electron chi connectivity index (χ1n) is 7.52. The number of aromatic nitrogens is 1. The molecule has 21 heavy (non-hydrogen) atoms. The molecule has 2 rings (SSSR count). The van der Waals surface area contributed by atoms with Crippen molar-refractivity contribution in [1.29, 1.82) is 0 Å². The predicted octanol–water partition coefficient (Wildman–Crippen LogP) is 1.40. The second-order valence-electron chi connectivity index (χ2n) is 5.46. The Morgan fingerprint density at radius 3 is 2.81 bits per heavy atom. The lowest BCUT2D eigenvalue weighted by molar-refractivity contribution is -0.137. The van der Waals surface area contributed by atoms with Crippen LogP contribution in [0.4, 0.5) is 0 Å². The van der Waals surface area contributed by atoms with Crippen molar-refractivity contribution in [2.45, 2.75) is 44.7 Å². The maximum Gasteiger partial charge on any atom is 0.305 e. The number of carbonyl (C=O) groups excluding carboxylic acids is 1. The number of rotatable bonds is 6. The Bertz CT molecular complexity index is 492. The van der Waals surface area contributed by atoms with Crippen LogP contribution in [-0.2, 0) is 4.79 Å². The van der Waals surface area contributed by atoms with E-state index in [1.807, 2.05) is 23.8 Å². The summed E-state index contributed by atoms with van der Waals surface area (Å²) in [7, 11) is 0. The molecule has 0 bridgehead atoms. The standard InChI is InChI=1S/C15H23N3O3/c1-2-11(10-14(19)20)17-15(21)13-4-3-9-18(13)12-5-7-16-8-6-12/h3-4,9,11-12,16H,2,5-8,10H2,1H3,(H,17,21)(H,19,20). The molecule has 0 spiro atoms. The van der Waals surface area contributed by atoms with Gasteiger partial charge in [0.05, 0.1) is 6.42 Å². The third kappa shape index (κ3) is 4.07. The zero-order chi connectivity index (χ0) is 15.2. The Morgan fingerprint density at radius 1 is 1.48 bits per heavy atom. The van der Waals surface area contributed by atoms with E-state index in [1.165, 1.54) is 0 Å². The number of nitrogens with zero attached hydrogens (tertiary/aromatic N) is 1. The van der Waals surface area contributed by atoms with Crippen LogP contribution < -0.4 is 10.6 Å². The van der Waals surface area contributed by atoms with Crippen molar-refractivity contribution < 1.29 is 14.7 Å². The molecule has 1 aromatic heterocycles. The minimum atomic E-state index is -0.893. The maximum atomic E-state index is 12.4. The van der Waals surface area contributed by atoms with E-state index in [0.717, 1.165) is 25.9 Å². The van der Waals surface area contributed by atoms with Crippen molar-refractivity contribution in [1.82, 2.24) is 15.2 Å². The monoisotopic (exact) mass is 293 g/mol. The van der Waals surface area contributed by atoms with Crippen LogP contribution in [0.15, 0.2) is 18.3 Å². The minimum Gasteiger partial charge on any atom is -0.481 e. The molecule has 0 aromatic carbocycles. The van der Waals surface area contributed by atoms with Crippen molar-refractivity contribution in [3.05, 3.63) is 24.0 Å². The van der Waals surface area contributed by atoms with Crippen LogP contribution in [0.1, 0.15) is 49.1 Å². The highest BCUT2D eigenvalue weighted by Crippen LogP contribution is 2.21. The van der Waals surface area contributed by atoms with Gasteiger partial charge in [0, 0.05) is 18.3 Å². The number of hydrogen-bond donors (Lipinski definition) is 3. The van der Waals surface area contributed by atoms with Crippen molar-refractivity contribution in [3.8, 4) is 0 Å². The topological polar surface area (TPSA) is 83.4 Å². The van der Waals surface area contributed by atoms with Gasteiger partial charge >= 0.3 is 5.97 Å². The van der Waals surface area contributed by atoms with Gasteiger partial charge in [-0.15, -0.1) is 0 Å². The highest BCUT2D eigenvalue weighted by atomic mass is 16.4. The van der Waals surface area contributed by atoms with Gasteiger partial charge in [0.2, 0.25) is 0 Å². The molecule has 1 aromatic rings. The summed E-state index contributed by atoms with van der Waals surface area (Å²) in [6.07, 6.45) is 4.49. The Labute approximate surface area is 124 Å². The fourth-order valence-electron chi connectivity index (χ4n) is 2.76. The lowest BCUT2D eigenvalue weighted by Gasteiger charge is -2.26. The van der Waals surface area contributed by atoms with Gasteiger partial charge in [0.25, 0.3) is 5.91 Å². The number of carboxylic acids is 1. The number of nitrogens with one attached hydrogen (secondary N) is 2. The molecular weight excluding hydrogens is 270 g/mol. The van der Waals surface area contributed by atoms with E-state index in [2.05, 4.69) is 10.6 Å². The summed E-state index contributed by atoms with van der Waals surface area (Å²) in [6.45, 7) is 3.79. The number of hydrogen-bond acceptors (Lipinski definition) is 3. The third-order valence-electron chi connectivity index (χ3n) is 3.96. The Hall–Kier alpha value is -1.82. The van der Waals surface area contributed by atoms with Gasteiger partial charge in [0.15, 0.2) is 0 Å². The highest BCUT2D eigenvalue weighted by molar-refractivity contribution is 5.93. The molecule has 1 saturated heterocycles. The SMILES string of the molecule is CCC(CC(=O)O)NC(=O)c1cccn1C1CCNCC1. The lowest BCUT2D eigenvalue weighted by Crippen LogP contribution is -2.38. The van der Waals surface area contributed by atoms with Crippen LogP contribution in [0.5, 0.6) is 0 Å². The highest BCUT2D eigenvalue weighted by Gasteiger charge is 2.22. The second kappa shape index (κ2) is 7.26. The fourth-order valence-corrected chi connectivity index (χ4v) is 2.76. The van der Waals surface area contributed by atoms with E-state index in [9.17, 15) is 9.59 Å². The smallest absolute Gasteiger partial charge is 0.305 e. The second-order valence-corrected chi connectivity index (χ2v) is 5.46. The number of piperidine rings is 1. The molecule has 0 aliphatic carbocycles. The van der Waals surface area contributed by atoms with Crippen molar-refractivity contribution in [2.75, 3.05) is 13.1 Å².